The highest BCUT2D eigenvalue weighted by Crippen LogP contribution is 2.29. The second-order valence-electron chi connectivity index (χ2n) is 7.99. The van der Waals surface area contributed by atoms with Gasteiger partial charge in [-0.25, -0.2) is 4.98 Å². The van der Waals surface area contributed by atoms with Crippen LogP contribution in [0.5, 0.6) is 5.75 Å². The van der Waals surface area contributed by atoms with Gasteiger partial charge in [0.05, 0.1) is 29.6 Å². The van der Waals surface area contributed by atoms with Crippen LogP contribution >= 0.6 is 12.2 Å². The van der Waals surface area contributed by atoms with Crippen LogP contribution in [0.1, 0.15) is 25.0 Å². The third-order valence-corrected chi connectivity index (χ3v) is 4.90. The van der Waals surface area contributed by atoms with Crippen molar-refractivity contribution in [3.05, 3.63) is 70.6 Å². The van der Waals surface area contributed by atoms with Crippen LogP contribution in [0.4, 0.5) is 5.95 Å². The zero-order valence-electron chi connectivity index (χ0n) is 18.3. The molecule has 0 bridgehead atoms. The molecule has 0 atom stereocenters. The molecule has 33 heavy (non-hydrogen) atoms. The Morgan fingerprint density at radius 1 is 1.27 bits per heavy atom. The van der Waals surface area contributed by atoms with Gasteiger partial charge in [-0.1, -0.05) is 42.5 Å². The number of hydrogen-bond donors (Lipinski definition) is 5. The van der Waals surface area contributed by atoms with Crippen LogP contribution in [0, 0.1) is 4.64 Å². The number of carbonyl (C=O) groups is 1. The molecule has 0 unspecified atom stereocenters. The van der Waals surface area contributed by atoms with Crippen LogP contribution in [0.3, 0.4) is 0 Å². The Bertz CT molecular complexity index is 1220. The van der Waals surface area contributed by atoms with Crippen molar-refractivity contribution in [3.63, 3.8) is 0 Å². The summed E-state index contributed by atoms with van der Waals surface area (Å²) in [6.45, 7) is 3.84. The number of nitrogens with zero attached hydrogens (tertiary/aromatic N) is 2. The van der Waals surface area contributed by atoms with Crippen LogP contribution in [-0.2, 0) is 11.4 Å². The van der Waals surface area contributed by atoms with Gasteiger partial charge in [-0.2, -0.15) is 0 Å². The van der Waals surface area contributed by atoms with E-state index < -0.39 is 11.4 Å². The monoisotopic (exact) mass is 466 g/mol. The molecule has 0 spiro atoms. The number of nitrogens with two attached hydrogens (primary N) is 2. The summed E-state index contributed by atoms with van der Waals surface area (Å²) in [7, 11) is 0. The van der Waals surface area contributed by atoms with Gasteiger partial charge in [0.2, 0.25) is 11.9 Å². The maximum atomic E-state index is 11.4. The number of H-pyrrole nitrogens is 1. The first kappa shape index (κ1) is 23.9. The topological polar surface area (TPSA) is 152 Å². The first-order chi connectivity index (χ1) is 15.7. The molecule has 0 fully saturated rings. The summed E-state index contributed by atoms with van der Waals surface area (Å²) in [5.74, 6) is 0.135. The highest BCUT2D eigenvalue weighted by Gasteiger charge is 2.20. The number of benzene rings is 1. The van der Waals surface area contributed by atoms with Gasteiger partial charge in [0, 0.05) is 23.5 Å². The Labute approximate surface area is 196 Å². The molecular formula is C23H26N6O3S. The van der Waals surface area contributed by atoms with Crippen molar-refractivity contribution < 1.29 is 14.6 Å². The van der Waals surface area contributed by atoms with E-state index in [9.17, 15) is 9.90 Å². The number of primary amides is 1. The smallest absolute Gasteiger partial charge is 0.243 e. The fourth-order valence-corrected chi connectivity index (χ4v) is 3.29. The van der Waals surface area contributed by atoms with E-state index in [1.807, 2.05) is 30.3 Å². The number of hydrogen-bond acceptors (Lipinski definition) is 8. The lowest BCUT2D eigenvalue weighted by Gasteiger charge is -2.24. The summed E-state index contributed by atoms with van der Waals surface area (Å²) >= 11 is 5.47. The number of aromatic nitrogens is 3. The van der Waals surface area contributed by atoms with Gasteiger partial charge in [-0.15, -0.1) is 0 Å². The molecule has 7 N–H and O–H groups in total. The quantitative estimate of drug-likeness (QED) is 0.238. The number of carbonyl (C=O) groups excluding carboxylic acids is 1. The molecule has 3 rings (SSSR count). The van der Waals surface area contributed by atoms with Crippen molar-refractivity contribution in [2.24, 2.45) is 11.5 Å². The normalized spacial score (nSPS) is 11.8. The minimum Gasteiger partial charge on any atom is -0.487 e. The molecule has 0 saturated heterocycles. The average Bonchev–Trinajstić information content (AvgIpc) is 2.77. The number of aliphatic hydroxyl groups is 1. The van der Waals surface area contributed by atoms with E-state index >= 15 is 0 Å². The Hall–Kier alpha value is -3.76. The van der Waals surface area contributed by atoms with Gasteiger partial charge in [-0.3, -0.25) is 9.78 Å². The first-order valence-electron chi connectivity index (χ1n) is 10.1. The minimum absolute atomic E-state index is 0.0647. The molecule has 2 aromatic heterocycles. The molecule has 1 aromatic carbocycles. The minimum atomic E-state index is -0.713. The third kappa shape index (κ3) is 6.37. The van der Waals surface area contributed by atoms with Crippen molar-refractivity contribution in [1.29, 1.82) is 0 Å². The van der Waals surface area contributed by atoms with E-state index in [2.05, 4.69) is 20.3 Å². The lowest BCUT2D eigenvalue weighted by Crippen LogP contribution is -2.35. The van der Waals surface area contributed by atoms with Gasteiger partial charge >= 0.3 is 0 Å². The lowest BCUT2D eigenvalue weighted by molar-refractivity contribution is -0.113. The Morgan fingerprint density at radius 2 is 2.00 bits per heavy atom. The molecular weight excluding hydrogens is 440 g/mol. The predicted molar refractivity (Wildman–Crippen MR) is 130 cm³/mol. The number of ether oxygens (including phenoxy) is 1. The second-order valence-corrected chi connectivity index (χ2v) is 8.38. The van der Waals surface area contributed by atoms with E-state index in [0.717, 1.165) is 11.6 Å². The maximum Gasteiger partial charge on any atom is 0.243 e. The van der Waals surface area contributed by atoms with Gasteiger partial charge in [-0.05, 0) is 25.5 Å². The number of aliphatic hydroxyl groups excluding tert-OH is 1. The lowest BCUT2D eigenvalue weighted by atomic mass is 10.1. The number of aromatic amines is 1. The fraction of sp³-hybridized carbons (Fsp3) is 0.217. The van der Waals surface area contributed by atoms with Gasteiger partial charge < -0.3 is 31.6 Å². The molecule has 0 aliphatic carbocycles. The van der Waals surface area contributed by atoms with Crippen LogP contribution in [-0.4, -0.2) is 38.1 Å². The summed E-state index contributed by atoms with van der Waals surface area (Å²) in [6, 6.07) is 11.5. The molecule has 3 aromatic rings. The summed E-state index contributed by atoms with van der Waals surface area (Å²) in [5.41, 5.74) is 13.2. The Morgan fingerprint density at radius 3 is 2.67 bits per heavy atom. The van der Waals surface area contributed by atoms with E-state index in [-0.39, 0.29) is 16.9 Å². The fourth-order valence-electron chi connectivity index (χ4n) is 2.98. The first-order valence-corrected chi connectivity index (χ1v) is 10.5. The summed E-state index contributed by atoms with van der Waals surface area (Å²) < 4.78 is 6.03. The summed E-state index contributed by atoms with van der Waals surface area (Å²) in [6.07, 6.45) is 4.29. The zero-order valence-corrected chi connectivity index (χ0v) is 19.1. The maximum absolute atomic E-state index is 11.4. The number of pyridine rings is 1. The number of anilines is 1. The average molecular weight is 467 g/mol. The summed E-state index contributed by atoms with van der Waals surface area (Å²) in [5, 5.41) is 12.7. The Kier molecular flexibility index (Phi) is 7.41. The molecule has 172 valence electrons. The van der Waals surface area contributed by atoms with Crippen LogP contribution in [0.15, 0.2) is 54.9 Å². The van der Waals surface area contributed by atoms with E-state index in [4.69, 9.17) is 28.4 Å². The standard InChI is InChI=1S/C23H26N6O3S/c1-23(2,13-30)29-22-27-20(19(21(33)28-22)17(24)9-18(25)31)15-8-16(11-26-10-15)32-12-14-6-4-3-5-7-14/h3-11,30H,12-13,24H2,1-2H3,(H2,25,31)(H2,27,28,29,33)/b17-9-. The molecule has 1 amide bonds. The van der Waals surface area contributed by atoms with Crippen molar-refractivity contribution >= 4 is 29.8 Å². The van der Waals surface area contributed by atoms with E-state index in [1.54, 1.807) is 32.3 Å². The SMILES string of the molecule is CC(C)(CO)Nc1nc(=S)c(/C(N)=C/C(N)=O)c(-c2cncc(OCc3ccccc3)c2)[nH]1. The molecule has 0 aliphatic heterocycles. The van der Waals surface area contributed by atoms with Crippen molar-refractivity contribution in [2.45, 2.75) is 26.0 Å². The van der Waals surface area contributed by atoms with Crippen molar-refractivity contribution in [1.82, 2.24) is 15.0 Å². The molecule has 2 heterocycles. The predicted octanol–water partition coefficient (Wildman–Crippen LogP) is 2.75. The second kappa shape index (κ2) is 10.2. The largest absolute Gasteiger partial charge is 0.487 e. The van der Waals surface area contributed by atoms with Crippen LogP contribution < -0.4 is 21.5 Å². The Balaban J connectivity index is 2.06. The molecule has 0 radical (unpaired) electrons. The van der Waals surface area contributed by atoms with E-state index in [0.29, 0.717) is 35.1 Å². The highest BCUT2D eigenvalue weighted by atomic mass is 32.1. The van der Waals surface area contributed by atoms with E-state index in [1.165, 1.54) is 0 Å². The van der Waals surface area contributed by atoms with Crippen LogP contribution in [0.2, 0.25) is 0 Å². The molecule has 9 nitrogen and oxygen atoms in total. The van der Waals surface area contributed by atoms with Gasteiger partial charge in [0.15, 0.2) is 0 Å². The summed E-state index contributed by atoms with van der Waals surface area (Å²) in [4.78, 5) is 23.2. The highest BCUT2D eigenvalue weighted by molar-refractivity contribution is 7.71. The van der Waals surface area contributed by atoms with Crippen molar-refractivity contribution in [2.75, 3.05) is 11.9 Å². The number of nitrogens with one attached hydrogen (secondary N) is 2. The molecule has 10 heteroatoms. The van der Waals surface area contributed by atoms with Gasteiger partial charge in [0.1, 0.15) is 17.0 Å². The molecule has 0 aliphatic rings. The molecule has 0 saturated carbocycles. The number of amides is 1. The third-order valence-electron chi connectivity index (χ3n) is 4.61. The van der Waals surface area contributed by atoms with Gasteiger partial charge in [0.25, 0.3) is 0 Å². The zero-order chi connectivity index (χ0) is 24.0. The van der Waals surface area contributed by atoms with Crippen molar-refractivity contribution in [3.8, 4) is 17.0 Å². The number of rotatable bonds is 9. The van der Waals surface area contributed by atoms with Crippen LogP contribution in [0.25, 0.3) is 17.0 Å².